The Balaban J connectivity index is 2.25. The third kappa shape index (κ3) is 3.74. The van der Waals surface area contributed by atoms with Crippen molar-refractivity contribution in [3.63, 3.8) is 0 Å². The average Bonchev–Trinajstić information content (AvgIpc) is 2.42. The number of carboxylic acids is 1. The summed E-state index contributed by atoms with van der Waals surface area (Å²) in [5.74, 6) is 0.988. The minimum Gasteiger partial charge on any atom is -0.497 e. The summed E-state index contributed by atoms with van der Waals surface area (Å²) in [4.78, 5) is 10.9. The Morgan fingerprint density at radius 3 is 2.40 bits per heavy atom. The van der Waals surface area contributed by atoms with Gasteiger partial charge in [0.2, 0.25) is 0 Å². The van der Waals surface area contributed by atoms with Gasteiger partial charge in [0.15, 0.2) is 0 Å². The molecule has 20 heavy (non-hydrogen) atoms. The van der Waals surface area contributed by atoms with Crippen molar-refractivity contribution in [1.29, 1.82) is 0 Å². The number of halogens is 1. The predicted octanol–water partition coefficient (Wildman–Crippen LogP) is 3.88. The zero-order valence-corrected chi connectivity index (χ0v) is 12.4. The van der Waals surface area contributed by atoms with E-state index >= 15 is 0 Å². The van der Waals surface area contributed by atoms with Crippen molar-refractivity contribution in [2.45, 2.75) is 6.42 Å². The number of carbonyl (C=O) groups is 1. The SMILES string of the molecule is COc1ccc(Oc2ccc(Br)cc2CC(=O)O)cc1. The van der Waals surface area contributed by atoms with Gasteiger partial charge >= 0.3 is 5.97 Å². The first-order valence-electron chi connectivity index (χ1n) is 5.90. The molecule has 0 spiro atoms. The van der Waals surface area contributed by atoms with E-state index in [-0.39, 0.29) is 6.42 Å². The highest BCUT2D eigenvalue weighted by Gasteiger charge is 2.10. The lowest BCUT2D eigenvalue weighted by molar-refractivity contribution is -0.136. The quantitative estimate of drug-likeness (QED) is 0.900. The predicted molar refractivity (Wildman–Crippen MR) is 78.5 cm³/mol. The number of benzene rings is 2. The van der Waals surface area contributed by atoms with Gasteiger partial charge in [0, 0.05) is 10.0 Å². The van der Waals surface area contributed by atoms with Crippen LogP contribution in [-0.4, -0.2) is 18.2 Å². The van der Waals surface area contributed by atoms with Crippen molar-refractivity contribution in [3.8, 4) is 17.2 Å². The molecule has 2 rings (SSSR count). The lowest BCUT2D eigenvalue weighted by Crippen LogP contribution is -2.02. The Morgan fingerprint density at radius 2 is 1.80 bits per heavy atom. The van der Waals surface area contributed by atoms with Crippen molar-refractivity contribution in [2.75, 3.05) is 7.11 Å². The van der Waals surface area contributed by atoms with E-state index in [9.17, 15) is 4.79 Å². The smallest absolute Gasteiger partial charge is 0.307 e. The summed E-state index contributed by atoms with van der Waals surface area (Å²) >= 11 is 3.33. The molecule has 4 nitrogen and oxygen atoms in total. The highest BCUT2D eigenvalue weighted by molar-refractivity contribution is 9.10. The van der Waals surface area contributed by atoms with Crippen LogP contribution in [0.2, 0.25) is 0 Å². The van der Waals surface area contributed by atoms with Crippen LogP contribution in [0.15, 0.2) is 46.9 Å². The summed E-state index contributed by atoms with van der Waals surface area (Å²) in [6.45, 7) is 0. The Bertz CT molecular complexity index is 608. The van der Waals surface area contributed by atoms with E-state index < -0.39 is 5.97 Å². The largest absolute Gasteiger partial charge is 0.497 e. The molecule has 0 heterocycles. The van der Waals surface area contributed by atoms with Gasteiger partial charge < -0.3 is 14.6 Å². The molecule has 0 aliphatic rings. The normalized spacial score (nSPS) is 10.1. The first kappa shape index (κ1) is 14.4. The van der Waals surface area contributed by atoms with Crippen LogP contribution in [0.1, 0.15) is 5.56 Å². The van der Waals surface area contributed by atoms with E-state index in [2.05, 4.69) is 15.9 Å². The van der Waals surface area contributed by atoms with Crippen molar-refractivity contribution in [2.24, 2.45) is 0 Å². The molecule has 0 saturated carbocycles. The summed E-state index contributed by atoms with van der Waals surface area (Å²) in [6, 6.07) is 12.4. The molecule has 0 bridgehead atoms. The fourth-order valence-corrected chi connectivity index (χ4v) is 2.13. The number of hydrogen-bond acceptors (Lipinski definition) is 3. The molecular formula is C15H13BrO4. The maximum atomic E-state index is 10.9. The number of aliphatic carboxylic acids is 1. The van der Waals surface area contributed by atoms with E-state index in [1.807, 2.05) is 6.07 Å². The maximum Gasteiger partial charge on any atom is 0.307 e. The molecular weight excluding hydrogens is 324 g/mol. The number of rotatable bonds is 5. The molecule has 1 N–H and O–H groups in total. The molecule has 2 aromatic rings. The van der Waals surface area contributed by atoms with Gasteiger partial charge in [-0.15, -0.1) is 0 Å². The first-order chi connectivity index (χ1) is 9.58. The molecule has 0 saturated heterocycles. The second-order valence-electron chi connectivity index (χ2n) is 4.10. The van der Waals surface area contributed by atoms with Gasteiger partial charge in [-0.2, -0.15) is 0 Å². The highest BCUT2D eigenvalue weighted by atomic mass is 79.9. The van der Waals surface area contributed by atoms with Crippen molar-refractivity contribution >= 4 is 21.9 Å². The number of ether oxygens (including phenoxy) is 2. The van der Waals surface area contributed by atoms with Gasteiger partial charge in [0.25, 0.3) is 0 Å². The van der Waals surface area contributed by atoms with Crippen molar-refractivity contribution in [1.82, 2.24) is 0 Å². The summed E-state index contributed by atoms with van der Waals surface area (Å²) in [6.07, 6.45) is -0.0923. The third-order valence-electron chi connectivity index (χ3n) is 2.65. The highest BCUT2D eigenvalue weighted by Crippen LogP contribution is 2.29. The van der Waals surface area contributed by atoms with Crippen molar-refractivity contribution < 1.29 is 19.4 Å². The molecule has 0 unspecified atom stereocenters. The molecule has 0 aliphatic carbocycles. The zero-order chi connectivity index (χ0) is 14.5. The van der Waals surface area contributed by atoms with Gasteiger partial charge in [-0.1, -0.05) is 15.9 Å². The number of carboxylic acid groups (broad SMARTS) is 1. The second kappa shape index (κ2) is 6.43. The van der Waals surface area contributed by atoms with Crippen LogP contribution in [0, 0.1) is 0 Å². The molecule has 104 valence electrons. The Morgan fingerprint density at radius 1 is 1.15 bits per heavy atom. The summed E-state index contributed by atoms with van der Waals surface area (Å²) < 4.78 is 11.6. The van der Waals surface area contributed by atoms with Crippen LogP contribution in [0.5, 0.6) is 17.2 Å². The summed E-state index contributed by atoms with van der Waals surface area (Å²) in [5.41, 5.74) is 0.614. The fraction of sp³-hybridized carbons (Fsp3) is 0.133. The minimum atomic E-state index is -0.900. The van der Waals surface area contributed by atoms with E-state index in [1.165, 1.54) is 0 Å². The van der Waals surface area contributed by atoms with Crippen LogP contribution in [0.25, 0.3) is 0 Å². The van der Waals surface area contributed by atoms with Gasteiger partial charge in [0.1, 0.15) is 17.2 Å². The molecule has 0 fully saturated rings. The fourth-order valence-electron chi connectivity index (χ4n) is 1.72. The topological polar surface area (TPSA) is 55.8 Å². The van der Waals surface area contributed by atoms with Gasteiger partial charge in [-0.05, 0) is 42.5 Å². The maximum absolute atomic E-state index is 10.9. The number of hydrogen-bond donors (Lipinski definition) is 1. The van der Waals surface area contributed by atoms with Crippen LogP contribution >= 0.6 is 15.9 Å². The molecule has 0 atom stereocenters. The van der Waals surface area contributed by atoms with E-state index in [1.54, 1.807) is 43.5 Å². The van der Waals surface area contributed by atoms with Crippen LogP contribution in [-0.2, 0) is 11.2 Å². The van der Waals surface area contributed by atoms with E-state index in [4.69, 9.17) is 14.6 Å². The second-order valence-corrected chi connectivity index (χ2v) is 5.02. The van der Waals surface area contributed by atoms with Crippen molar-refractivity contribution in [3.05, 3.63) is 52.5 Å². The minimum absolute atomic E-state index is 0.0923. The van der Waals surface area contributed by atoms with Gasteiger partial charge in [0.05, 0.1) is 13.5 Å². The van der Waals surface area contributed by atoms with Gasteiger partial charge in [-0.25, -0.2) is 0 Å². The molecule has 5 heteroatoms. The Labute approximate surface area is 125 Å². The molecule has 0 aromatic heterocycles. The monoisotopic (exact) mass is 336 g/mol. The standard InChI is InChI=1S/C15H13BrO4/c1-19-12-3-5-13(6-4-12)20-14-7-2-11(16)8-10(14)9-15(17)18/h2-8H,9H2,1H3,(H,17,18). The van der Waals surface area contributed by atoms with Crippen LogP contribution < -0.4 is 9.47 Å². The summed E-state index contributed by atoms with van der Waals surface area (Å²) in [7, 11) is 1.59. The third-order valence-corrected chi connectivity index (χ3v) is 3.14. The van der Waals surface area contributed by atoms with Gasteiger partial charge in [-0.3, -0.25) is 4.79 Å². The molecule has 0 radical (unpaired) electrons. The van der Waals surface area contributed by atoms with Crippen LogP contribution in [0.3, 0.4) is 0 Å². The average molecular weight is 337 g/mol. The first-order valence-corrected chi connectivity index (χ1v) is 6.70. The molecule has 0 amide bonds. The Hall–Kier alpha value is -2.01. The van der Waals surface area contributed by atoms with E-state index in [0.717, 1.165) is 10.2 Å². The lowest BCUT2D eigenvalue weighted by atomic mass is 10.1. The zero-order valence-electron chi connectivity index (χ0n) is 10.8. The van der Waals surface area contributed by atoms with Crippen LogP contribution in [0.4, 0.5) is 0 Å². The molecule has 0 aliphatic heterocycles. The lowest BCUT2D eigenvalue weighted by Gasteiger charge is -2.11. The summed E-state index contributed by atoms with van der Waals surface area (Å²) in [5, 5.41) is 8.93. The molecule has 2 aromatic carbocycles. The van der Waals surface area contributed by atoms with E-state index in [0.29, 0.717) is 17.1 Å². The Kier molecular flexibility index (Phi) is 4.63. The number of methoxy groups -OCH3 is 1.